The highest BCUT2D eigenvalue weighted by atomic mass is 16.6. The van der Waals surface area contributed by atoms with Gasteiger partial charge in [0.1, 0.15) is 5.69 Å². The molecule has 0 aromatic heterocycles. The van der Waals surface area contributed by atoms with Crippen molar-refractivity contribution in [1.82, 2.24) is 4.90 Å². The summed E-state index contributed by atoms with van der Waals surface area (Å²) in [4.78, 5) is 14.3. The number of rotatable bonds is 5. The van der Waals surface area contributed by atoms with Gasteiger partial charge >= 0.3 is 0 Å². The highest BCUT2D eigenvalue weighted by molar-refractivity contribution is 5.66. The van der Waals surface area contributed by atoms with E-state index < -0.39 is 4.92 Å². The number of hydrogen-bond acceptors (Lipinski definition) is 5. The Labute approximate surface area is 101 Å². The lowest BCUT2D eigenvalue weighted by atomic mass is 10.2. The van der Waals surface area contributed by atoms with E-state index in [1.54, 1.807) is 12.1 Å². The Bertz CT molecular complexity index is 406. The van der Waals surface area contributed by atoms with Crippen LogP contribution in [0.25, 0.3) is 0 Å². The molecule has 0 unspecified atom stereocenters. The van der Waals surface area contributed by atoms with E-state index in [-0.39, 0.29) is 11.4 Å². The van der Waals surface area contributed by atoms with Crippen LogP contribution in [0.15, 0.2) is 18.2 Å². The van der Waals surface area contributed by atoms with Gasteiger partial charge in [0.15, 0.2) is 0 Å². The van der Waals surface area contributed by atoms with Gasteiger partial charge in [-0.15, -0.1) is 0 Å². The largest absolute Gasteiger partial charge is 0.393 e. The first-order chi connectivity index (χ1) is 7.91. The minimum Gasteiger partial charge on any atom is -0.393 e. The minimum absolute atomic E-state index is 0.0424. The lowest BCUT2D eigenvalue weighted by Gasteiger charge is -2.21. The molecule has 0 bridgehead atoms. The molecular weight excluding hydrogens is 220 g/mol. The molecule has 6 heteroatoms. The number of nitrogens with zero attached hydrogens (tertiary/aromatic N) is 3. The van der Waals surface area contributed by atoms with Gasteiger partial charge in [-0.2, -0.15) is 0 Å². The Hall–Kier alpha value is -1.82. The molecule has 0 aliphatic rings. The van der Waals surface area contributed by atoms with E-state index in [1.165, 1.54) is 6.07 Å². The molecule has 1 rings (SSSR count). The normalized spacial score (nSPS) is 10.6. The van der Waals surface area contributed by atoms with E-state index in [1.807, 2.05) is 26.0 Å². The third kappa shape index (κ3) is 3.60. The van der Waals surface area contributed by atoms with Gasteiger partial charge in [0, 0.05) is 31.9 Å². The molecule has 0 aliphatic heterocycles. The van der Waals surface area contributed by atoms with Gasteiger partial charge in [-0.3, -0.25) is 10.1 Å². The Morgan fingerprint density at radius 1 is 1.29 bits per heavy atom. The molecule has 0 spiro atoms. The Morgan fingerprint density at radius 3 is 2.47 bits per heavy atom. The van der Waals surface area contributed by atoms with E-state index in [4.69, 9.17) is 5.73 Å². The van der Waals surface area contributed by atoms with Crippen molar-refractivity contribution < 1.29 is 4.92 Å². The molecule has 0 aliphatic carbocycles. The second-order valence-electron chi connectivity index (χ2n) is 4.23. The Balaban J connectivity index is 2.84. The summed E-state index contributed by atoms with van der Waals surface area (Å²) in [5.74, 6) is 0. The molecule has 0 radical (unpaired) electrons. The van der Waals surface area contributed by atoms with E-state index >= 15 is 0 Å². The maximum atomic E-state index is 10.8. The van der Waals surface area contributed by atoms with Crippen molar-refractivity contribution in [2.45, 2.75) is 0 Å². The number of nitro groups is 1. The summed E-state index contributed by atoms with van der Waals surface area (Å²) in [6, 6.07) is 4.86. The van der Waals surface area contributed by atoms with E-state index in [0.29, 0.717) is 0 Å². The predicted octanol–water partition coefficient (Wildman–Crippen LogP) is 1.17. The molecular formula is C11H18N4O2. The molecule has 6 nitrogen and oxygen atoms in total. The SMILES string of the molecule is CN(C)CCN(C)c1ccc(N)c([N+](=O)[O-])c1. The van der Waals surface area contributed by atoms with Gasteiger partial charge in [0.2, 0.25) is 0 Å². The fourth-order valence-electron chi connectivity index (χ4n) is 1.41. The molecule has 0 heterocycles. The predicted molar refractivity (Wildman–Crippen MR) is 69.3 cm³/mol. The van der Waals surface area contributed by atoms with Crippen LogP contribution in [0.5, 0.6) is 0 Å². The second-order valence-corrected chi connectivity index (χ2v) is 4.23. The third-order valence-corrected chi connectivity index (χ3v) is 2.53. The topological polar surface area (TPSA) is 75.6 Å². The molecule has 0 saturated carbocycles. The molecule has 2 N–H and O–H groups in total. The fourth-order valence-corrected chi connectivity index (χ4v) is 1.41. The van der Waals surface area contributed by atoms with Crippen LogP contribution >= 0.6 is 0 Å². The monoisotopic (exact) mass is 238 g/mol. The summed E-state index contributed by atoms with van der Waals surface area (Å²) in [6.45, 7) is 1.68. The maximum Gasteiger partial charge on any atom is 0.294 e. The first kappa shape index (κ1) is 13.2. The van der Waals surface area contributed by atoms with Crippen molar-refractivity contribution in [3.8, 4) is 0 Å². The summed E-state index contributed by atoms with van der Waals surface area (Å²) < 4.78 is 0. The van der Waals surface area contributed by atoms with E-state index in [2.05, 4.69) is 4.90 Å². The van der Waals surface area contributed by atoms with Crippen molar-refractivity contribution >= 4 is 17.1 Å². The van der Waals surface area contributed by atoms with Crippen molar-refractivity contribution in [2.75, 3.05) is 44.9 Å². The molecule has 0 fully saturated rings. The molecule has 0 saturated heterocycles. The van der Waals surface area contributed by atoms with Crippen LogP contribution in [0.1, 0.15) is 0 Å². The summed E-state index contributed by atoms with van der Waals surface area (Å²) in [7, 11) is 5.87. The highest BCUT2D eigenvalue weighted by Crippen LogP contribution is 2.26. The number of anilines is 2. The van der Waals surface area contributed by atoms with Crippen LogP contribution in [0, 0.1) is 10.1 Å². The summed E-state index contributed by atoms with van der Waals surface area (Å²) in [5, 5.41) is 10.8. The Kier molecular flexibility index (Phi) is 4.28. The van der Waals surface area contributed by atoms with Crippen molar-refractivity contribution in [1.29, 1.82) is 0 Å². The van der Waals surface area contributed by atoms with Gasteiger partial charge in [-0.1, -0.05) is 0 Å². The standard InChI is InChI=1S/C11H18N4O2/c1-13(2)6-7-14(3)9-4-5-10(12)11(8-9)15(16)17/h4-5,8H,6-7,12H2,1-3H3. The third-order valence-electron chi connectivity index (χ3n) is 2.53. The first-order valence-corrected chi connectivity index (χ1v) is 5.31. The van der Waals surface area contributed by atoms with Crippen molar-refractivity contribution in [2.24, 2.45) is 0 Å². The number of benzene rings is 1. The van der Waals surface area contributed by atoms with E-state index in [0.717, 1.165) is 18.8 Å². The van der Waals surface area contributed by atoms with Crippen LogP contribution < -0.4 is 10.6 Å². The molecule has 0 amide bonds. The van der Waals surface area contributed by atoms with Gasteiger partial charge in [0.05, 0.1) is 4.92 Å². The average molecular weight is 238 g/mol. The number of nitrogen functional groups attached to an aromatic ring is 1. The van der Waals surface area contributed by atoms with Crippen LogP contribution in [-0.2, 0) is 0 Å². The van der Waals surface area contributed by atoms with Crippen molar-refractivity contribution in [3.05, 3.63) is 28.3 Å². The zero-order valence-electron chi connectivity index (χ0n) is 10.4. The highest BCUT2D eigenvalue weighted by Gasteiger charge is 2.13. The molecule has 1 aromatic carbocycles. The summed E-state index contributed by atoms with van der Waals surface area (Å²) >= 11 is 0. The molecule has 1 aromatic rings. The molecule has 94 valence electrons. The number of hydrogen-bond donors (Lipinski definition) is 1. The summed E-state index contributed by atoms with van der Waals surface area (Å²) in [6.07, 6.45) is 0. The fraction of sp³-hybridized carbons (Fsp3) is 0.455. The minimum atomic E-state index is -0.460. The lowest BCUT2D eigenvalue weighted by Crippen LogP contribution is -2.28. The maximum absolute atomic E-state index is 10.8. The van der Waals surface area contributed by atoms with Crippen LogP contribution in [0.2, 0.25) is 0 Å². The summed E-state index contributed by atoms with van der Waals surface area (Å²) in [5.41, 5.74) is 6.49. The van der Waals surface area contributed by atoms with Crippen LogP contribution in [0.3, 0.4) is 0 Å². The lowest BCUT2D eigenvalue weighted by molar-refractivity contribution is -0.383. The van der Waals surface area contributed by atoms with Crippen molar-refractivity contribution in [3.63, 3.8) is 0 Å². The molecule has 0 atom stereocenters. The average Bonchev–Trinajstić information content (AvgIpc) is 2.26. The number of likely N-dealkylation sites (N-methyl/N-ethyl adjacent to an activating group) is 2. The first-order valence-electron chi connectivity index (χ1n) is 5.31. The second kappa shape index (κ2) is 5.49. The zero-order valence-corrected chi connectivity index (χ0v) is 10.4. The quantitative estimate of drug-likeness (QED) is 0.473. The number of nitrogens with two attached hydrogens (primary N) is 1. The number of nitro benzene ring substituents is 1. The van der Waals surface area contributed by atoms with E-state index in [9.17, 15) is 10.1 Å². The zero-order chi connectivity index (χ0) is 13.0. The van der Waals surface area contributed by atoms with Gasteiger partial charge in [-0.25, -0.2) is 0 Å². The molecule has 17 heavy (non-hydrogen) atoms. The van der Waals surface area contributed by atoms with Crippen LogP contribution in [-0.4, -0.2) is 44.1 Å². The van der Waals surface area contributed by atoms with Gasteiger partial charge in [-0.05, 0) is 26.2 Å². The van der Waals surface area contributed by atoms with Crippen LogP contribution in [0.4, 0.5) is 17.1 Å². The Morgan fingerprint density at radius 2 is 1.94 bits per heavy atom. The van der Waals surface area contributed by atoms with Gasteiger partial charge < -0.3 is 15.5 Å². The van der Waals surface area contributed by atoms with Gasteiger partial charge in [0.25, 0.3) is 5.69 Å². The smallest absolute Gasteiger partial charge is 0.294 e.